The van der Waals surface area contributed by atoms with Crippen molar-refractivity contribution in [3.05, 3.63) is 12.4 Å². The molecule has 2 heterocycles. The average Bonchev–Trinajstić information content (AvgIpc) is 2.83. The van der Waals surface area contributed by atoms with Crippen molar-refractivity contribution >= 4 is 5.69 Å². The van der Waals surface area contributed by atoms with Crippen molar-refractivity contribution in [3.8, 4) is 0 Å². The van der Waals surface area contributed by atoms with Crippen LogP contribution in [0.25, 0.3) is 0 Å². The van der Waals surface area contributed by atoms with Gasteiger partial charge in [0, 0.05) is 26.7 Å². The van der Waals surface area contributed by atoms with Gasteiger partial charge in [-0.25, -0.2) is 4.84 Å². The first-order valence-electron chi connectivity index (χ1n) is 7.30. The van der Waals surface area contributed by atoms with Gasteiger partial charge in [0.05, 0.1) is 25.5 Å². The molecule has 2 unspecified atom stereocenters. The third-order valence-electron chi connectivity index (χ3n) is 2.96. The fourth-order valence-corrected chi connectivity index (χ4v) is 1.84. The van der Waals surface area contributed by atoms with Crippen LogP contribution in [-0.4, -0.2) is 53.9 Å². The molecule has 1 fully saturated rings. The van der Waals surface area contributed by atoms with Crippen molar-refractivity contribution in [1.82, 2.24) is 15.2 Å². The molecule has 3 atom stereocenters. The Labute approximate surface area is 131 Å². The van der Waals surface area contributed by atoms with Crippen molar-refractivity contribution in [3.63, 3.8) is 0 Å². The van der Waals surface area contributed by atoms with E-state index in [1.54, 1.807) is 30.5 Å². The minimum Gasteiger partial charge on any atom is -0.389 e. The summed E-state index contributed by atoms with van der Waals surface area (Å²) >= 11 is 0. The number of aliphatic hydroxyl groups is 1. The molecule has 9 nitrogen and oxygen atoms in total. The topological polar surface area (TPSA) is 139 Å². The Morgan fingerprint density at radius 3 is 2.77 bits per heavy atom. The largest absolute Gasteiger partial charge is 0.389 e. The van der Waals surface area contributed by atoms with E-state index in [4.69, 9.17) is 15.3 Å². The zero-order valence-electron chi connectivity index (χ0n) is 14.0. The van der Waals surface area contributed by atoms with E-state index in [0.29, 0.717) is 0 Å². The monoisotopic (exact) mass is 320 g/mol. The fourth-order valence-electron chi connectivity index (χ4n) is 1.84. The summed E-state index contributed by atoms with van der Waals surface area (Å²) in [4.78, 5) is 4.76. The Kier molecular flexibility index (Phi) is 11.9. The molecule has 22 heavy (non-hydrogen) atoms. The van der Waals surface area contributed by atoms with E-state index in [2.05, 4.69) is 16.4 Å². The van der Waals surface area contributed by atoms with Crippen LogP contribution in [0.1, 0.15) is 19.8 Å². The molecular formula is C13H32N6O3+2. The van der Waals surface area contributed by atoms with E-state index in [1.807, 2.05) is 20.2 Å². The normalized spacial score (nSPS) is 24.4. The minimum absolute atomic E-state index is 0.0995. The lowest BCUT2D eigenvalue weighted by Gasteiger charge is -2.20. The van der Waals surface area contributed by atoms with Crippen LogP contribution in [0, 0.1) is 0 Å². The first-order chi connectivity index (χ1) is 10.5. The van der Waals surface area contributed by atoms with Crippen LogP contribution in [0.2, 0.25) is 0 Å². The highest BCUT2D eigenvalue weighted by Gasteiger charge is 2.24. The van der Waals surface area contributed by atoms with Crippen molar-refractivity contribution in [2.45, 2.75) is 38.0 Å². The fraction of sp³-hybridized carbons (Fsp3) is 0.769. The summed E-state index contributed by atoms with van der Waals surface area (Å²) < 4.78 is 6.98. The van der Waals surface area contributed by atoms with Gasteiger partial charge in [0.25, 0.3) is 0 Å². The number of hydrogen-bond donors (Lipinski definition) is 5. The van der Waals surface area contributed by atoms with Gasteiger partial charge in [0.2, 0.25) is 0 Å². The molecule has 0 amide bonds. The summed E-state index contributed by atoms with van der Waals surface area (Å²) in [6, 6.07) is -0.0995. The van der Waals surface area contributed by atoms with Gasteiger partial charge in [-0.1, -0.05) is 0 Å². The predicted molar refractivity (Wildman–Crippen MR) is 82.4 cm³/mol. The molecule has 0 aliphatic carbocycles. The summed E-state index contributed by atoms with van der Waals surface area (Å²) in [7, 11) is 5.25. The molecule has 9 heteroatoms. The van der Waals surface area contributed by atoms with Crippen LogP contribution >= 0.6 is 0 Å². The molecule has 0 spiro atoms. The number of aliphatic hydroxyl groups excluding tert-OH is 1. The van der Waals surface area contributed by atoms with E-state index in [-0.39, 0.29) is 12.1 Å². The van der Waals surface area contributed by atoms with Crippen molar-refractivity contribution < 1.29 is 26.0 Å². The van der Waals surface area contributed by atoms with Crippen molar-refractivity contribution in [1.29, 1.82) is 0 Å². The van der Waals surface area contributed by atoms with Crippen LogP contribution < -0.4 is 22.5 Å². The predicted octanol–water partition coefficient (Wildman–Crippen LogP) is -2.59. The SMILES string of the molecule is CC1OCCCC(N)[C@@H]1O.CN[NH3+].CO[NH2+]c1cnn(C)c1. The number of hydrogen-bond acceptors (Lipinski definition) is 6. The zero-order chi connectivity index (χ0) is 17.0. The molecule has 130 valence electrons. The lowest BCUT2D eigenvalue weighted by Crippen LogP contribution is -2.75. The highest BCUT2D eigenvalue weighted by molar-refractivity contribution is 5.17. The van der Waals surface area contributed by atoms with E-state index in [1.165, 1.54) is 0 Å². The van der Waals surface area contributed by atoms with Gasteiger partial charge in [-0.15, -0.1) is 0 Å². The Bertz CT molecular complexity index is 364. The molecule has 1 aliphatic heterocycles. The molecule has 2 rings (SSSR count). The summed E-state index contributed by atoms with van der Waals surface area (Å²) in [5.74, 6) is 3.24. The van der Waals surface area contributed by atoms with Gasteiger partial charge in [-0.05, 0) is 19.8 Å². The Balaban J connectivity index is 0.000000342. The highest BCUT2D eigenvalue weighted by Crippen LogP contribution is 2.12. The second kappa shape index (κ2) is 12.5. The molecule has 1 aromatic heterocycles. The van der Waals surface area contributed by atoms with Crippen LogP contribution in [0.3, 0.4) is 0 Å². The third kappa shape index (κ3) is 9.05. The quantitative estimate of drug-likeness (QED) is 0.379. The molecular weight excluding hydrogens is 288 g/mol. The Morgan fingerprint density at radius 1 is 1.64 bits per heavy atom. The van der Waals surface area contributed by atoms with Gasteiger partial charge >= 0.3 is 0 Å². The van der Waals surface area contributed by atoms with E-state index >= 15 is 0 Å². The molecule has 1 saturated heterocycles. The van der Waals surface area contributed by atoms with E-state index in [0.717, 1.165) is 25.1 Å². The Hall–Kier alpha value is -1.07. The number of ether oxygens (including phenoxy) is 1. The number of rotatable bonds is 2. The molecule has 1 aromatic rings. The number of nitrogens with one attached hydrogen (secondary N) is 1. The van der Waals surface area contributed by atoms with Gasteiger partial charge in [-0.2, -0.15) is 16.0 Å². The minimum atomic E-state index is -0.484. The number of quaternary nitrogens is 2. The van der Waals surface area contributed by atoms with Gasteiger partial charge in [0.1, 0.15) is 6.20 Å². The van der Waals surface area contributed by atoms with E-state index < -0.39 is 6.10 Å². The lowest BCUT2D eigenvalue weighted by atomic mass is 10.0. The van der Waals surface area contributed by atoms with Crippen LogP contribution in [0.15, 0.2) is 12.4 Å². The molecule has 0 saturated carbocycles. The van der Waals surface area contributed by atoms with Crippen molar-refractivity contribution in [2.24, 2.45) is 12.8 Å². The van der Waals surface area contributed by atoms with Crippen LogP contribution in [-0.2, 0) is 16.6 Å². The maximum Gasteiger partial charge on any atom is 0.200 e. The molecule has 1 aliphatic rings. The molecule has 9 N–H and O–H groups in total. The second-order valence-electron chi connectivity index (χ2n) is 5.03. The smallest absolute Gasteiger partial charge is 0.200 e. The zero-order valence-corrected chi connectivity index (χ0v) is 14.0. The molecule has 0 aromatic carbocycles. The van der Waals surface area contributed by atoms with Gasteiger partial charge in [-0.3, -0.25) is 10.5 Å². The van der Waals surface area contributed by atoms with Gasteiger partial charge in [0.15, 0.2) is 5.69 Å². The van der Waals surface area contributed by atoms with Crippen molar-refractivity contribution in [2.75, 3.05) is 20.8 Å². The maximum atomic E-state index is 9.38. The van der Waals surface area contributed by atoms with Gasteiger partial charge < -0.3 is 15.6 Å². The van der Waals surface area contributed by atoms with Crippen LogP contribution in [0.4, 0.5) is 5.69 Å². The number of aryl methyl sites for hydroxylation is 1. The number of nitrogens with two attached hydrogens (primary N) is 2. The van der Waals surface area contributed by atoms with Crippen LogP contribution in [0.5, 0.6) is 0 Å². The molecule has 0 bridgehead atoms. The average molecular weight is 320 g/mol. The standard InChI is InChI=1S/C7H15NO2.C5H9N3O.CH6N2/c1-5-7(9)6(8)3-2-4-10-5;1-8-4-5(3-6-8)7-9-2;1-3-2/h5-7,9H,2-4,8H2,1H3;3-4,7H,1-2H3;3H,2H2,1H3/p+2/t5?,6?,7-;;/m1../s1. The highest BCUT2D eigenvalue weighted by atomic mass is 16.6. The number of aromatic nitrogens is 2. The first kappa shape index (κ1) is 20.9. The maximum absolute atomic E-state index is 9.38. The summed E-state index contributed by atoms with van der Waals surface area (Å²) in [6.07, 6.45) is 4.86. The summed E-state index contributed by atoms with van der Waals surface area (Å²) in [5, 5.41) is 13.3. The summed E-state index contributed by atoms with van der Waals surface area (Å²) in [5.41, 5.74) is 10.8. The molecule has 0 radical (unpaired) electrons. The summed E-state index contributed by atoms with van der Waals surface area (Å²) in [6.45, 7) is 2.59. The van der Waals surface area contributed by atoms with E-state index in [9.17, 15) is 5.11 Å². The Morgan fingerprint density at radius 2 is 2.27 bits per heavy atom. The second-order valence-corrected chi connectivity index (χ2v) is 5.03. The third-order valence-corrected chi connectivity index (χ3v) is 2.96. The first-order valence-corrected chi connectivity index (χ1v) is 7.30. The number of nitrogens with zero attached hydrogens (tertiary/aromatic N) is 2. The lowest BCUT2D eigenvalue weighted by molar-refractivity contribution is -0.830.